The first-order valence-electron chi connectivity index (χ1n) is 4.59. The zero-order valence-electron chi connectivity index (χ0n) is 8.55. The minimum atomic E-state index is -3.28. The molecule has 1 aromatic rings. The summed E-state index contributed by atoms with van der Waals surface area (Å²) in [5.41, 5.74) is 0.810. The van der Waals surface area contributed by atoms with Crippen LogP contribution in [0.15, 0.2) is 12.4 Å². The van der Waals surface area contributed by atoms with Gasteiger partial charge >= 0.3 is 0 Å². The summed E-state index contributed by atoms with van der Waals surface area (Å²) in [4.78, 5) is 0. The predicted molar refractivity (Wildman–Crippen MR) is 55.5 cm³/mol. The number of hydrogen-bond donors (Lipinski definition) is 2. The third-order valence-corrected chi connectivity index (χ3v) is 3.24. The van der Waals surface area contributed by atoms with Gasteiger partial charge in [0, 0.05) is 32.0 Å². The van der Waals surface area contributed by atoms with Gasteiger partial charge in [-0.3, -0.25) is 4.68 Å². The van der Waals surface area contributed by atoms with E-state index in [1.54, 1.807) is 24.1 Å². The summed E-state index contributed by atoms with van der Waals surface area (Å²) in [6, 6.07) is 0. The molecule has 0 bridgehead atoms. The molecule has 0 atom stereocenters. The van der Waals surface area contributed by atoms with Gasteiger partial charge in [-0.1, -0.05) is 0 Å². The highest BCUT2D eigenvalue weighted by molar-refractivity contribution is 7.89. The Morgan fingerprint density at radius 3 is 2.87 bits per heavy atom. The molecular weight excluding hydrogens is 218 g/mol. The van der Waals surface area contributed by atoms with Crippen molar-refractivity contribution < 1.29 is 13.5 Å². The van der Waals surface area contributed by atoms with Crippen molar-refractivity contribution in [2.45, 2.75) is 13.0 Å². The summed E-state index contributed by atoms with van der Waals surface area (Å²) < 4.78 is 26.7. The van der Waals surface area contributed by atoms with Crippen LogP contribution in [-0.2, 0) is 23.6 Å². The van der Waals surface area contributed by atoms with Gasteiger partial charge in [-0.05, 0) is 6.42 Å². The molecule has 1 aromatic heterocycles. The highest BCUT2D eigenvalue weighted by atomic mass is 32.2. The second kappa shape index (κ2) is 5.24. The number of sulfonamides is 1. The van der Waals surface area contributed by atoms with Crippen LogP contribution in [0.3, 0.4) is 0 Å². The van der Waals surface area contributed by atoms with Crippen molar-refractivity contribution in [1.29, 1.82) is 0 Å². The summed E-state index contributed by atoms with van der Waals surface area (Å²) in [5, 5.41) is 12.4. The Balaban J connectivity index is 2.42. The van der Waals surface area contributed by atoms with E-state index < -0.39 is 10.0 Å². The molecule has 6 nitrogen and oxygen atoms in total. The molecule has 0 fully saturated rings. The zero-order valence-corrected chi connectivity index (χ0v) is 9.37. The molecule has 0 aliphatic heterocycles. The van der Waals surface area contributed by atoms with Gasteiger partial charge in [-0.25, -0.2) is 13.1 Å². The molecule has 0 amide bonds. The third-order valence-electron chi connectivity index (χ3n) is 1.83. The van der Waals surface area contributed by atoms with Gasteiger partial charge in [-0.2, -0.15) is 5.10 Å². The first-order valence-corrected chi connectivity index (χ1v) is 6.24. The largest absolute Gasteiger partial charge is 0.396 e. The van der Waals surface area contributed by atoms with Crippen LogP contribution in [0.25, 0.3) is 0 Å². The van der Waals surface area contributed by atoms with Crippen LogP contribution in [0, 0.1) is 0 Å². The highest BCUT2D eigenvalue weighted by Crippen LogP contribution is 1.97. The average molecular weight is 233 g/mol. The fourth-order valence-electron chi connectivity index (χ4n) is 1.08. The molecule has 2 N–H and O–H groups in total. The number of rotatable bonds is 6. The number of aromatic nitrogens is 2. The Morgan fingerprint density at radius 1 is 1.60 bits per heavy atom. The molecule has 1 rings (SSSR count). The first kappa shape index (κ1) is 12.2. The van der Waals surface area contributed by atoms with Crippen molar-refractivity contribution in [1.82, 2.24) is 14.5 Å². The molecule has 0 saturated heterocycles. The SMILES string of the molecule is Cn1cc(CNS(=O)(=O)CCCO)cn1. The minimum Gasteiger partial charge on any atom is -0.396 e. The average Bonchev–Trinajstić information content (AvgIpc) is 2.59. The fourth-order valence-corrected chi connectivity index (χ4v) is 2.12. The highest BCUT2D eigenvalue weighted by Gasteiger charge is 2.09. The Morgan fingerprint density at radius 2 is 2.33 bits per heavy atom. The van der Waals surface area contributed by atoms with Crippen molar-refractivity contribution in [3.8, 4) is 0 Å². The lowest BCUT2D eigenvalue weighted by Gasteiger charge is -2.03. The van der Waals surface area contributed by atoms with Gasteiger partial charge in [0.2, 0.25) is 10.0 Å². The summed E-state index contributed by atoms with van der Waals surface area (Å²) in [6.07, 6.45) is 3.60. The molecule has 86 valence electrons. The number of aliphatic hydroxyl groups is 1. The van der Waals surface area contributed by atoms with E-state index in [-0.39, 0.29) is 25.3 Å². The second-order valence-corrected chi connectivity index (χ2v) is 5.17. The topological polar surface area (TPSA) is 84.2 Å². The number of aryl methyl sites for hydroxylation is 1. The molecule has 0 radical (unpaired) electrons. The molecular formula is C8H15N3O3S. The van der Waals surface area contributed by atoms with E-state index in [1.807, 2.05) is 0 Å². The lowest BCUT2D eigenvalue weighted by Crippen LogP contribution is -2.26. The molecule has 15 heavy (non-hydrogen) atoms. The van der Waals surface area contributed by atoms with Crippen LogP contribution >= 0.6 is 0 Å². The molecule has 0 spiro atoms. The maximum atomic E-state index is 11.3. The Hall–Kier alpha value is -0.920. The zero-order chi connectivity index (χ0) is 11.3. The van der Waals surface area contributed by atoms with E-state index in [9.17, 15) is 8.42 Å². The molecule has 0 unspecified atom stereocenters. The number of aliphatic hydroxyl groups excluding tert-OH is 1. The molecule has 0 aliphatic rings. The predicted octanol–water partition coefficient (Wildman–Crippen LogP) is -0.778. The fraction of sp³-hybridized carbons (Fsp3) is 0.625. The molecule has 0 aliphatic carbocycles. The van der Waals surface area contributed by atoms with Gasteiger partial charge in [0.25, 0.3) is 0 Å². The van der Waals surface area contributed by atoms with Crippen molar-refractivity contribution in [2.24, 2.45) is 7.05 Å². The molecule has 0 saturated carbocycles. The van der Waals surface area contributed by atoms with E-state index in [2.05, 4.69) is 9.82 Å². The minimum absolute atomic E-state index is 0.0518. The van der Waals surface area contributed by atoms with Crippen molar-refractivity contribution in [3.05, 3.63) is 18.0 Å². The van der Waals surface area contributed by atoms with Crippen LogP contribution in [0.5, 0.6) is 0 Å². The standard InChI is InChI=1S/C8H15N3O3S/c1-11-7-8(5-9-11)6-10-15(13,14)4-2-3-12/h5,7,10,12H,2-4,6H2,1H3. The summed E-state index contributed by atoms with van der Waals surface area (Å²) >= 11 is 0. The smallest absolute Gasteiger partial charge is 0.211 e. The van der Waals surface area contributed by atoms with Crippen molar-refractivity contribution in [3.63, 3.8) is 0 Å². The van der Waals surface area contributed by atoms with E-state index in [0.29, 0.717) is 0 Å². The van der Waals surface area contributed by atoms with Gasteiger partial charge in [-0.15, -0.1) is 0 Å². The maximum Gasteiger partial charge on any atom is 0.211 e. The first-order chi connectivity index (χ1) is 7.03. The van der Waals surface area contributed by atoms with Crippen molar-refractivity contribution in [2.75, 3.05) is 12.4 Å². The van der Waals surface area contributed by atoms with Crippen LogP contribution in [0.1, 0.15) is 12.0 Å². The Labute approximate surface area is 89.0 Å². The summed E-state index contributed by atoms with van der Waals surface area (Å²) in [6.45, 7) is 0.120. The molecule has 1 heterocycles. The Bertz CT molecular complexity index is 399. The second-order valence-electron chi connectivity index (χ2n) is 3.24. The van der Waals surface area contributed by atoms with E-state index in [4.69, 9.17) is 5.11 Å². The van der Waals surface area contributed by atoms with Crippen molar-refractivity contribution >= 4 is 10.0 Å². The van der Waals surface area contributed by atoms with Crippen LogP contribution in [0.4, 0.5) is 0 Å². The van der Waals surface area contributed by atoms with Crippen LogP contribution in [0.2, 0.25) is 0 Å². The van der Waals surface area contributed by atoms with Gasteiger partial charge in [0.05, 0.1) is 11.9 Å². The van der Waals surface area contributed by atoms with Gasteiger partial charge < -0.3 is 5.11 Å². The molecule has 0 aromatic carbocycles. The summed E-state index contributed by atoms with van der Waals surface area (Å²) in [7, 11) is -1.51. The third kappa shape index (κ3) is 4.41. The molecule has 7 heteroatoms. The van der Waals surface area contributed by atoms with Gasteiger partial charge in [0.15, 0.2) is 0 Å². The van der Waals surface area contributed by atoms with E-state index >= 15 is 0 Å². The van der Waals surface area contributed by atoms with Gasteiger partial charge in [0.1, 0.15) is 0 Å². The normalized spacial score (nSPS) is 11.9. The van der Waals surface area contributed by atoms with E-state index in [0.717, 1.165) is 5.56 Å². The Kier molecular flexibility index (Phi) is 4.25. The maximum absolute atomic E-state index is 11.3. The quantitative estimate of drug-likeness (QED) is 0.675. The summed E-state index contributed by atoms with van der Waals surface area (Å²) in [5.74, 6) is -0.0518. The monoisotopic (exact) mass is 233 g/mol. The number of nitrogens with zero attached hydrogens (tertiary/aromatic N) is 2. The number of nitrogens with one attached hydrogen (secondary N) is 1. The lowest BCUT2D eigenvalue weighted by atomic mass is 10.4. The lowest BCUT2D eigenvalue weighted by molar-refractivity contribution is 0.295. The van der Waals surface area contributed by atoms with E-state index in [1.165, 1.54) is 0 Å². The van der Waals surface area contributed by atoms with Crippen LogP contribution < -0.4 is 4.72 Å². The van der Waals surface area contributed by atoms with Crippen LogP contribution in [-0.4, -0.2) is 35.7 Å². The number of hydrogen-bond acceptors (Lipinski definition) is 4.